The largest absolute Gasteiger partial charge is 0.153 e. The third-order valence-electron chi connectivity index (χ3n) is 2.21. The van der Waals surface area contributed by atoms with Gasteiger partial charge in [-0.2, -0.15) is 19.8 Å². The molecular formula is C10H26P2. The van der Waals surface area contributed by atoms with E-state index in [4.69, 9.17) is 0 Å². The molecule has 12 heavy (non-hydrogen) atoms. The molecule has 0 aromatic rings. The molecule has 0 aromatic carbocycles. The van der Waals surface area contributed by atoms with E-state index < -0.39 is 0 Å². The Morgan fingerprint density at radius 1 is 0.583 bits per heavy atom. The maximum atomic E-state index is 2.25. The first kappa shape index (κ1) is 18.4. The summed E-state index contributed by atoms with van der Waals surface area (Å²) in [5.74, 6) is 0. The van der Waals surface area contributed by atoms with Crippen molar-refractivity contribution in [2.45, 2.75) is 53.4 Å². The number of hydrogen-bond acceptors (Lipinski definition) is 0. The van der Waals surface area contributed by atoms with Crippen LogP contribution in [0.25, 0.3) is 0 Å². The molecule has 0 radical (unpaired) electrons. The molecule has 2 heteroatoms. The van der Waals surface area contributed by atoms with Crippen LogP contribution in [0, 0.1) is 0 Å². The Bertz CT molecular complexity index is 91.0. The first-order valence-electron chi connectivity index (χ1n) is 4.49. The van der Waals surface area contributed by atoms with Crippen LogP contribution in [0.15, 0.2) is 11.1 Å². The topological polar surface area (TPSA) is 0 Å². The van der Waals surface area contributed by atoms with Crippen LogP contribution < -0.4 is 0 Å². The second kappa shape index (κ2) is 11.6. The molecule has 0 aliphatic carbocycles. The van der Waals surface area contributed by atoms with E-state index in [1.165, 1.54) is 25.7 Å². The van der Waals surface area contributed by atoms with Gasteiger partial charge < -0.3 is 0 Å². The summed E-state index contributed by atoms with van der Waals surface area (Å²) in [6, 6.07) is 0. The van der Waals surface area contributed by atoms with E-state index in [0.29, 0.717) is 0 Å². The first-order chi connectivity index (χ1) is 4.79. The van der Waals surface area contributed by atoms with Crippen molar-refractivity contribution >= 4 is 19.8 Å². The summed E-state index contributed by atoms with van der Waals surface area (Å²) in [6.07, 6.45) is 4.97. The number of rotatable bonds is 4. The van der Waals surface area contributed by atoms with Gasteiger partial charge in [-0.05, 0) is 25.7 Å². The van der Waals surface area contributed by atoms with Crippen LogP contribution in [0.3, 0.4) is 0 Å². The highest BCUT2D eigenvalue weighted by Gasteiger charge is 1.97. The van der Waals surface area contributed by atoms with Crippen LogP contribution in [-0.4, -0.2) is 0 Å². The van der Waals surface area contributed by atoms with E-state index in [9.17, 15) is 0 Å². The third kappa shape index (κ3) is 6.15. The Morgan fingerprint density at radius 2 is 0.750 bits per heavy atom. The van der Waals surface area contributed by atoms with Crippen LogP contribution in [0.5, 0.6) is 0 Å². The highest BCUT2D eigenvalue weighted by atomic mass is 31.0. The van der Waals surface area contributed by atoms with Crippen LogP contribution >= 0.6 is 19.8 Å². The van der Waals surface area contributed by atoms with E-state index in [-0.39, 0.29) is 19.8 Å². The van der Waals surface area contributed by atoms with Crippen molar-refractivity contribution in [1.29, 1.82) is 0 Å². The zero-order chi connectivity index (χ0) is 7.98. The van der Waals surface area contributed by atoms with Crippen LogP contribution in [0.2, 0.25) is 0 Å². The molecule has 2 atom stereocenters. The maximum absolute atomic E-state index is 2.25. The maximum Gasteiger partial charge on any atom is -0.0346 e. The molecule has 0 rings (SSSR count). The van der Waals surface area contributed by atoms with Crippen LogP contribution in [0.4, 0.5) is 0 Å². The summed E-state index contributed by atoms with van der Waals surface area (Å²) in [5.41, 5.74) is 3.34. The molecule has 0 heterocycles. The van der Waals surface area contributed by atoms with Gasteiger partial charge in [0.1, 0.15) is 0 Å². The standard InChI is InChI=1S/C10H20.2H3P/c1-5-9(6-2)10(7-3)8-4;;/h5-8H2,1-4H3;2*1H3. The molecule has 2 unspecified atom stereocenters. The van der Waals surface area contributed by atoms with E-state index in [2.05, 4.69) is 27.7 Å². The molecule has 0 spiro atoms. The summed E-state index contributed by atoms with van der Waals surface area (Å²) in [6.45, 7) is 9.02. The Hall–Kier alpha value is 0.600. The molecule has 0 aliphatic rings. The zero-order valence-electron chi connectivity index (χ0n) is 9.24. The summed E-state index contributed by atoms with van der Waals surface area (Å²) in [4.78, 5) is 0. The fourth-order valence-corrected chi connectivity index (χ4v) is 1.50. The second-order valence-corrected chi connectivity index (χ2v) is 2.62. The van der Waals surface area contributed by atoms with E-state index in [1.54, 1.807) is 11.1 Å². The van der Waals surface area contributed by atoms with Gasteiger partial charge >= 0.3 is 0 Å². The van der Waals surface area contributed by atoms with Crippen molar-refractivity contribution in [3.63, 3.8) is 0 Å². The normalized spacial score (nSPS) is 8.00. The lowest BCUT2D eigenvalue weighted by atomic mass is 9.99. The lowest BCUT2D eigenvalue weighted by Crippen LogP contribution is -1.87. The molecule has 0 amide bonds. The second-order valence-electron chi connectivity index (χ2n) is 2.62. The Labute approximate surface area is 84.8 Å². The van der Waals surface area contributed by atoms with E-state index in [1.807, 2.05) is 0 Å². The number of allylic oxidation sites excluding steroid dienone is 2. The molecule has 0 saturated carbocycles. The van der Waals surface area contributed by atoms with E-state index in [0.717, 1.165) is 0 Å². The van der Waals surface area contributed by atoms with Gasteiger partial charge in [0.05, 0.1) is 0 Å². The summed E-state index contributed by atoms with van der Waals surface area (Å²) in [7, 11) is 0. The molecule has 0 saturated heterocycles. The van der Waals surface area contributed by atoms with Crippen molar-refractivity contribution in [3.8, 4) is 0 Å². The minimum Gasteiger partial charge on any atom is -0.153 e. The van der Waals surface area contributed by atoms with E-state index >= 15 is 0 Å². The summed E-state index contributed by atoms with van der Waals surface area (Å²) >= 11 is 0. The van der Waals surface area contributed by atoms with Crippen molar-refractivity contribution in [1.82, 2.24) is 0 Å². The van der Waals surface area contributed by atoms with Crippen LogP contribution in [0.1, 0.15) is 53.4 Å². The minimum absolute atomic E-state index is 0. The molecule has 76 valence electrons. The van der Waals surface area contributed by atoms with Gasteiger partial charge in [0.25, 0.3) is 0 Å². The Morgan fingerprint density at radius 3 is 0.833 bits per heavy atom. The first-order valence-corrected chi connectivity index (χ1v) is 4.49. The van der Waals surface area contributed by atoms with Gasteiger partial charge in [0.2, 0.25) is 0 Å². The molecule has 0 aliphatic heterocycles. The average molecular weight is 208 g/mol. The lowest BCUT2D eigenvalue weighted by Gasteiger charge is -2.07. The van der Waals surface area contributed by atoms with Gasteiger partial charge in [0.15, 0.2) is 0 Å². The predicted octanol–water partition coefficient (Wildman–Crippen LogP) is 4.04. The Balaban J connectivity index is -0.000000405. The van der Waals surface area contributed by atoms with Gasteiger partial charge in [0, 0.05) is 0 Å². The SMILES string of the molecule is CCC(CC)=C(CC)CC.P.P. The smallest absolute Gasteiger partial charge is 0.0346 e. The third-order valence-corrected chi connectivity index (χ3v) is 2.21. The molecular weight excluding hydrogens is 182 g/mol. The van der Waals surface area contributed by atoms with Gasteiger partial charge in [-0.25, -0.2) is 0 Å². The van der Waals surface area contributed by atoms with Crippen molar-refractivity contribution in [3.05, 3.63) is 11.1 Å². The zero-order valence-corrected chi connectivity index (χ0v) is 12.1. The molecule has 0 fully saturated rings. The monoisotopic (exact) mass is 208 g/mol. The summed E-state index contributed by atoms with van der Waals surface area (Å²) < 4.78 is 0. The molecule has 0 bridgehead atoms. The summed E-state index contributed by atoms with van der Waals surface area (Å²) in [5, 5.41) is 0. The highest BCUT2D eigenvalue weighted by molar-refractivity contribution is 6.92. The Kier molecular flexibility index (Phi) is 17.8. The molecule has 0 aromatic heterocycles. The molecule has 0 nitrogen and oxygen atoms in total. The number of hydrogen-bond donors (Lipinski definition) is 0. The predicted molar refractivity (Wildman–Crippen MR) is 70.4 cm³/mol. The van der Waals surface area contributed by atoms with Gasteiger partial charge in [-0.3, -0.25) is 0 Å². The van der Waals surface area contributed by atoms with Crippen molar-refractivity contribution in [2.24, 2.45) is 0 Å². The fraction of sp³-hybridized carbons (Fsp3) is 0.800. The highest BCUT2D eigenvalue weighted by Crippen LogP contribution is 2.17. The lowest BCUT2D eigenvalue weighted by molar-refractivity contribution is 0.864. The molecule has 0 N–H and O–H groups in total. The van der Waals surface area contributed by atoms with Crippen molar-refractivity contribution < 1.29 is 0 Å². The van der Waals surface area contributed by atoms with Gasteiger partial charge in [-0.15, -0.1) is 0 Å². The quantitative estimate of drug-likeness (QED) is 0.483. The average Bonchev–Trinajstić information content (AvgIpc) is 2.00. The van der Waals surface area contributed by atoms with Crippen molar-refractivity contribution in [2.75, 3.05) is 0 Å². The van der Waals surface area contributed by atoms with Crippen LogP contribution in [-0.2, 0) is 0 Å². The minimum atomic E-state index is 0. The van der Waals surface area contributed by atoms with Gasteiger partial charge in [-0.1, -0.05) is 38.8 Å². The fourth-order valence-electron chi connectivity index (χ4n) is 1.50.